The van der Waals surface area contributed by atoms with Gasteiger partial charge in [-0.15, -0.1) is 0 Å². The number of esters is 1. The highest BCUT2D eigenvalue weighted by Crippen LogP contribution is 2.25. The minimum atomic E-state index is -0.690. The molecule has 23 heavy (non-hydrogen) atoms. The van der Waals surface area contributed by atoms with Crippen LogP contribution >= 0.6 is 23.2 Å². The van der Waals surface area contributed by atoms with Crippen molar-refractivity contribution in [2.75, 3.05) is 13.2 Å². The lowest BCUT2D eigenvalue weighted by Crippen LogP contribution is -2.12. The molecular weight excluding hydrogens is 345 g/mol. The second kappa shape index (κ2) is 7.80. The summed E-state index contributed by atoms with van der Waals surface area (Å²) in [6.45, 7) is 0.140. The van der Waals surface area contributed by atoms with E-state index in [1.54, 1.807) is 24.3 Å². The van der Waals surface area contributed by atoms with Crippen LogP contribution in [-0.2, 0) is 4.74 Å². The Labute approximate surface area is 141 Å². The molecule has 0 aliphatic rings. The number of halogens is 2. The zero-order chi connectivity index (χ0) is 16.8. The molecule has 0 N–H and O–H groups in total. The summed E-state index contributed by atoms with van der Waals surface area (Å²) in [6, 6.07) is 10.4. The number of carbonyl (C=O) groups is 1. The molecule has 120 valence electrons. The first-order chi connectivity index (χ1) is 11.0. The van der Waals surface area contributed by atoms with Crippen LogP contribution < -0.4 is 4.74 Å². The maximum absolute atomic E-state index is 11.8. The van der Waals surface area contributed by atoms with Gasteiger partial charge in [-0.1, -0.05) is 23.2 Å². The first-order valence-corrected chi connectivity index (χ1v) is 7.22. The van der Waals surface area contributed by atoms with E-state index in [2.05, 4.69) is 0 Å². The average Bonchev–Trinajstić information content (AvgIpc) is 2.53. The average molecular weight is 356 g/mol. The van der Waals surface area contributed by atoms with Gasteiger partial charge in [0.25, 0.3) is 5.69 Å². The molecule has 6 nitrogen and oxygen atoms in total. The van der Waals surface area contributed by atoms with Crippen molar-refractivity contribution in [2.45, 2.75) is 0 Å². The van der Waals surface area contributed by atoms with E-state index >= 15 is 0 Å². The van der Waals surface area contributed by atoms with Crippen molar-refractivity contribution in [2.24, 2.45) is 0 Å². The summed E-state index contributed by atoms with van der Waals surface area (Å²) in [5, 5.41) is 11.3. The molecule has 0 aliphatic carbocycles. The topological polar surface area (TPSA) is 78.7 Å². The van der Waals surface area contributed by atoms with Gasteiger partial charge in [0.2, 0.25) is 0 Å². The zero-order valence-corrected chi connectivity index (χ0v) is 13.2. The number of benzene rings is 2. The Bertz CT molecular complexity index is 718. The molecule has 8 heteroatoms. The van der Waals surface area contributed by atoms with E-state index in [1.807, 2.05) is 0 Å². The smallest absolute Gasteiger partial charge is 0.338 e. The Morgan fingerprint density at radius 3 is 2.43 bits per heavy atom. The third kappa shape index (κ3) is 4.84. The van der Waals surface area contributed by atoms with Gasteiger partial charge in [-0.2, -0.15) is 0 Å². The second-order valence-corrected chi connectivity index (χ2v) is 5.21. The van der Waals surface area contributed by atoms with E-state index < -0.39 is 10.9 Å². The quantitative estimate of drug-likeness (QED) is 0.336. The van der Waals surface area contributed by atoms with E-state index in [9.17, 15) is 14.9 Å². The lowest BCUT2D eigenvalue weighted by Gasteiger charge is -2.07. The maximum Gasteiger partial charge on any atom is 0.338 e. The van der Waals surface area contributed by atoms with Gasteiger partial charge in [0.1, 0.15) is 24.0 Å². The van der Waals surface area contributed by atoms with Gasteiger partial charge >= 0.3 is 5.97 Å². The summed E-state index contributed by atoms with van der Waals surface area (Å²) in [5.41, 5.74) is -0.300. The summed E-state index contributed by atoms with van der Waals surface area (Å²) in [7, 11) is 0. The predicted molar refractivity (Wildman–Crippen MR) is 85.3 cm³/mol. The number of hydrogen-bond donors (Lipinski definition) is 0. The van der Waals surface area contributed by atoms with Crippen LogP contribution in [0.5, 0.6) is 5.75 Å². The lowest BCUT2D eigenvalue weighted by molar-refractivity contribution is -0.384. The minimum absolute atomic E-state index is 0.00210. The van der Waals surface area contributed by atoms with E-state index in [0.29, 0.717) is 10.8 Å². The molecular formula is C15H11Cl2NO5. The van der Waals surface area contributed by atoms with Crippen LogP contribution in [0.15, 0.2) is 42.5 Å². The highest BCUT2D eigenvalue weighted by Gasteiger charge is 2.17. The fourth-order valence-electron chi connectivity index (χ4n) is 1.69. The standard InChI is InChI=1S/C15H11Cl2NO5/c16-11-2-4-12(5-3-11)22-7-8-23-15(19)10-1-6-13(17)14(9-10)18(20)21/h1-6,9H,7-8H2. The van der Waals surface area contributed by atoms with Crippen LogP contribution in [0.25, 0.3) is 0 Å². The molecule has 2 rings (SSSR count). The van der Waals surface area contributed by atoms with E-state index in [-0.39, 0.29) is 29.5 Å². The van der Waals surface area contributed by atoms with Crippen molar-refractivity contribution in [3.63, 3.8) is 0 Å². The Morgan fingerprint density at radius 1 is 1.09 bits per heavy atom. The van der Waals surface area contributed by atoms with Crippen LogP contribution in [0.1, 0.15) is 10.4 Å². The Kier molecular flexibility index (Phi) is 5.78. The Balaban J connectivity index is 1.86. The molecule has 0 fully saturated rings. The molecule has 0 saturated heterocycles. The molecule has 2 aromatic rings. The van der Waals surface area contributed by atoms with Crippen LogP contribution in [0.3, 0.4) is 0 Å². The number of nitrogens with zero attached hydrogens (tertiary/aromatic N) is 1. The van der Waals surface area contributed by atoms with Crippen LogP contribution in [-0.4, -0.2) is 24.1 Å². The van der Waals surface area contributed by atoms with Crippen molar-refractivity contribution in [3.8, 4) is 5.75 Å². The number of carbonyl (C=O) groups excluding carboxylic acids is 1. The number of nitro groups is 1. The van der Waals surface area contributed by atoms with Crippen LogP contribution in [0.4, 0.5) is 5.69 Å². The molecule has 0 unspecified atom stereocenters. The number of hydrogen-bond acceptors (Lipinski definition) is 5. The molecule has 0 aromatic heterocycles. The highest BCUT2D eigenvalue weighted by molar-refractivity contribution is 6.32. The van der Waals surface area contributed by atoms with Gasteiger partial charge in [-0.25, -0.2) is 4.79 Å². The van der Waals surface area contributed by atoms with Gasteiger partial charge in [0.05, 0.1) is 10.5 Å². The molecule has 0 saturated carbocycles. The predicted octanol–water partition coefficient (Wildman–Crippen LogP) is 4.14. The van der Waals surface area contributed by atoms with Crippen molar-refractivity contribution in [3.05, 3.63) is 68.2 Å². The van der Waals surface area contributed by atoms with Crippen molar-refractivity contribution in [1.82, 2.24) is 0 Å². The number of nitro benzene ring substituents is 1. The molecule has 0 amide bonds. The van der Waals surface area contributed by atoms with Crippen molar-refractivity contribution in [1.29, 1.82) is 0 Å². The largest absolute Gasteiger partial charge is 0.490 e. The molecule has 0 bridgehead atoms. The van der Waals surface area contributed by atoms with Gasteiger partial charge in [0, 0.05) is 11.1 Å². The number of rotatable bonds is 6. The van der Waals surface area contributed by atoms with E-state index in [4.69, 9.17) is 32.7 Å². The zero-order valence-electron chi connectivity index (χ0n) is 11.7. The molecule has 0 aliphatic heterocycles. The second-order valence-electron chi connectivity index (χ2n) is 4.36. The summed E-state index contributed by atoms with van der Waals surface area (Å²) >= 11 is 11.4. The fraction of sp³-hybridized carbons (Fsp3) is 0.133. The summed E-state index contributed by atoms with van der Waals surface area (Å²) in [5.74, 6) is -0.1000. The third-order valence-corrected chi connectivity index (χ3v) is 3.35. The van der Waals surface area contributed by atoms with Crippen molar-refractivity contribution >= 4 is 34.9 Å². The minimum Gasteiger partial charge on any atom is -0.490 e. The third-order valence-electron chi connectivity index (χ3n) is 2.78. The summed E-state index contributed by atoms with van der Waals surface area (Å²) in [4.78, 5) is 21.9. The van der Waals surface area contributed by atoms with E-state index in [0.717, 1.165) is 6.07 Å². The van der Waals surface area contributed by atoms with Gasteiger partial charge in [-0.3, -0.25) is 10.1 Å². The van der Waals surface area contributed by atoms with Crippen molar-refractivity contribution < 1.29 is 19.2 Å². The monoisotopic (exact) mass is 355 g/mol. The summed E-state index contributed by atoms with van der Waals surface area (Å²) in [6.07, 6.45) is 0. The lowest BCUT2D eigenvalue weighted by atomic mass is 10.2. The highest BCUT2D eigenvalue weighted by atomic mass is 35.5. The fourth-order valence-corrected chi connectivity index (χ4v) is 2.00. The molecule has 0 atom stereocenters. The molecule has 0 heterocycles. The van der Waals surface area contributed by atoms with Crippen LogP contribution in [0, 0.1) is 10.1 Å². The normalized spacial score (nSPS) is 10.2. The van der Waals surface area contributed by atoms with Gasteiger partial charge in [0.15, 0.2) is 0 Å². The first-order valence-electron chi connectivity index (χ1n) is 6.47. The SMILES string of the molecule is O=C(OCCOc1ccc(Cl)cc1)c1ccc(Cl)c([N+](=O)[O-])c1. The maximum atomic E-state index is 11.8. The molecule has 2 aromatic carbocycles. The summed E-state index contributed by atoms with van der Waals surface area (Å²) < 4.78 is 10.4. The van der Waals surface area contributed by atoms with Gasteiger partial charge in [-0.05, 0) is 36.4 Å². The van der Waals surface area contributed by atoms with Gasteiger partial charge < -0.3 is 9.47 Å². The first kappa shape index (κ1) is 17.1. The molecule has 0 spiro atoms. The molecule has 0 radical (unpaired) electrons. The Morgan fingerprint density at radius 2 is 1.78 bits per heavy atom. The van der Waals surface area contributed by atoms with Crippen LogP contribution in [0.2, 0.25) is 10.0 Å². The van der Waals surface area contributed by atoms with E-state index in [1.165, 1.54) is 12.1 Å². The number of ether oxygens (including phenoxy) is 2. The Hall–Kier alpha value is -2.31.